The van der Waals surface area contributed by atoms with E-state index < -0.39 is 16.1 Å². The zero-order valence-corrected chi connectivity index (χ0v) is 14.8. The second kappa shape index (κ2) is 7.08. The Bertz CT molecular complexity index is 580. The van der Waals surface area contributed by atoms with Gasteiger partial charge in [0.25, 0.3) is 0 Å². The summed E-state index contributed by atoms with van der Waals surface area (Å²) >= 11 is 0. The average Bonchev–Trinajstić information content (AvgIpc) is 2.43. The summed E-state index contributed by atoms with van der Waals surface area (Å²) in [5, 5.41) is 18.7. The minimum absolute atomic E-state index is 0.0492. The second-order valence-corrected chi connectivity index (χ2v) is 8.46. The molecule has 0 fully saturated rings. The van der Waals surface area contributed by atoms with Crippen LogP contribution in [0.2, 0.25) is 0 Å². The predicted molar refractivity (Wildman–Crippen MR) is 88.9 cm³/mol. The van der Waals surface area contributed by atoms with E-state index in [1.165, 1.54) is 12.1 Å². The fourth-order valence-electron chi connectivity index (χ4n) is 2.49. The zero-order chi connectivity index (χ0) is 17.1. The third-order valence-electron chi connectivity index (χ3n) is 4.00. The number of nitrogens with one attached hydrogen (secondary N) is 1. The number of primary sulfonamides is 1. The molecule has 2 atom stereocenters. The molecule has 0 saturated heterocycles. The topological polar surface area (TPSA) is 92.4 Å². The van der Waals surface area contributed by atoms with Gasteiger partial charge in [-0.2, -0.15) is 0 Å². The molecule has 0 saturated carbocycles. The smallest absolute Gasteiger partial charge is 0.238 e. The summed E-state index contributed by atoms with van der Waals surface area (Å²) in [5.41, 5.74) is 0.727. The van der Waals surface area contributed by atoms with Gasteiger partial charge in [-0.1, -0.05) is 39.8 Å². The van der Waals surface area contributed by atoms with E-state index in [2.05, 4.69) is 5.32 Å². The molecular weight excluding hydrogens is 300 g/mol. The summed E-state index contributed by atoms with van der Waals surface area (Å²) in [6.45, 7) is 10.7. The Morgan fingerprint density at radius 1 is 1.18 bits per heavy atom. The van der Waals surface area contributed by atoms with Crippen molar-refractivity contribution in [3.8, 4) is 0 Å². The van der Waals surface area contributed by atoms with Crippen molar-refractivity contribution in [3.63, 3.8) is 0 Å². The number of rotatable bonds is 7. The van der Waals surface area contributed by atoms with E-state index in [0.29, 0.717) is 6.54 Å². The van der Waals surface area contributed by atoms with Gasteiger partial charge < -0.3 is 10.4 Å². The summed E-state index contributed by atoms with van der Waals surface area (Å²) in [7, 11) is -3.66. The Hall–Kier alpha value is -0.950. The lowest BCUT2D eigenvalue weighted by Crippen LogP contribution is -2.42. The molecule has 1 rings (SSSR count). The van der Waals surface area contributed by atoms with Crippen LogP contribution in [-0.2, 0) is 10.0 Å². The molecule has 2 unspecified atom stereocenters. The van der Waals surface area contributed by atoms with E-state index in [9.17, 15) is 13.5 Å². The normalized spacial score (nSPS) is 15.8. The van der Waals surface area contributed by atoms with Crippen LogP contribution in [0.3, 0.4) is 0 Å². The molecule has 0 heterocycles. The Balaban J connectivity index is 2.72. The summed E-state index contributed by atoms with van der Waals surface area (Å²) in [6.07, 6.45) is -0.392. The second-order valence-electron chi connectivity index (χ2n) is 6.89. The molecule has 1 aromatic rings. The summed E-state index contributed by atoms with van der Waals surface area (Å²) in [5.74, 6) is 0.196. The molecule has 4 N–H and O–H groups in total. The number of sulfonamides is 1. The molecule has 0 bridgehead atoms. The van der Waals surface area contributed by atoms with Gasteiger partial charge in [0.05, 0.1) is 11.0 Å². The van der Waals surface area contributed by atoms with Gasteiger partial charge in [-0.05, 0) is 30.5 Å². The zero-order valence-electron chi connectivity index (χ0n) is 14.0. The summed E-state index contributed by atoms with van der Waals surface area (Å²) in [6, 6.07) is 6.58. The van der Waals surface area contributed by atoms with Crippen LogP contribution in [-0.4, -0.2) is 26.2 Å². The molecule has 5 nitrogen and oxygen atoms in total. The van der Waals surface area contributed by atoms with E-state index in [-0.39, 0.29) is 22.3 Å². The Morgan fingerprint density at radius 3 is 2.09 bits per heavy atom. The van der Waals surface area contributed by atoms with Gasteiger partial charge in [0, 0.05) is 18.0 Å². The standard InChI is InChI=1S/C16H28N2O3S/c1-11(2)15(19)16(4,5)10-18-12(3)13-6-8-14(9-7-13)22(17,20)21/h6-9,11-12,15,18-19H,10H2,1-5H3,(H2,17,20,21). The van der Waals surface area contributed by atoms with E-state index in [0.717, 1.165) is 5.56 Å². The fourth-order valence-corrected chi connectivity index (χ4v) is 3.00. The summed E-state index contributed by atoms with van der Waals surface area (Å²) < 4.78 is 22.5. The molecule has 0 amide bonds. The first kappa shape index (κ1) is 19.1. The molecule has 126 valence electrons. The molecule has 22 heavy (non-hydrogen) atoms. The third-order valence-corrected chi connectivity index (χ3v) is 4.93. The first-order chi connectivity index (χ1) is 9.95. The van der Waals surface area contributed by atoms with E-state index in [1.807, 2.05) is 34.6 Å². The lowest BCUT2D eigenvalue weighted by molar-refractivity contribution is 0.0124. The molecule has 1 aromatic carbocycles. The number of hydrogen-bond donors (Lipinski definition) is 3. The predicted octanol–water partition coefficient (Wildman–Crippen LogP) is 2.03. The molecule has 0 aromatic heterocycles. The molecule has 0 aliphatic rings. The third kappa shape index (κ3) is 5.05. The van der Waals surface area contributed by atoms with Crippen molar-refractivity contribution < 1.29 is 13.5 Å². The number of benzene rings is 1. The van der Waals surface area contributed by atoms with Crippen LogP contribution in [0.4, 0.5) is 0 Å². The number of aliphatic hydroxyl groups is 1. The molecule has 0 spiro atoms. The van der Waals surface area contributed by atoms with Crippen LogP contribution >= 0.6 is 0 Å². The fraction of sp³-hybridized carbons (Fsp3) is 0.625. The molecule has 0 aliphatic carbocycles. The number of aliphatic hydroxyl groups excluding tert-OH is 1. The quantitative estimate of drug-likeness (QED) is 0.714. The van der Waals surface area contributed by atoms with Gasteiger partial charge in [0.2, 0.25) is 10.0 Å². The molecule has 0 aliphatic heterocycles. The van der Waals surface area contributed by atoms with Crippen LogP contribution in [0.1, 0.15) is 46.2 Å². The Labute approximate surface area is 134 Å². The van der Waals surface area contributed by atoms with Crippen LogP contribution < -0.4 is 10.5 Å². The Kier molecular flexibility index (Phi) is 6.15. The van der Waals surface area contributed by atoms with Crippen molar-refractivity contribution in [2.75, 3.05) is 6.54 Å². The first-order valence-electron chi connectivity index (χ1n) is 7.49. The summed E-state index contributed by atoms with van der Waals surface area (Å²) in [4.78, 5) is 0.110. The molecule has 6 heteroatoms. The van der Waals surface area contributed by atoms with Crippen molar-refractivity contribution in [1.82, 2.24) is 5.32 Å². The van der Waals surface area contributed by atoms with Gasteiger partial charge in [-0.25, -0.2) is 13.6 Å². The lowest BCUT2D eigenvalue weighted by Gasteiger charge is -2.34. The van der Waals surface area contributed by atoms with E-state index in [1.54, 1.807) is 12.1 Å². The number of nitrogens with two attached hydrogens (primary N) is 1. The largest absolute Gasteiger partial charge is 0.392 e. The van der Waals surface area contributed by atoms with Crippen molar-refractivity contribution in [2.45, 2.75) is 51.7 Å². The van der Waals surface area contributed by atoms with Crippen LogP contribution in [0.25, 0.3) is 0 Å². The van der Waals surface area contributed by atoms with Crippen LogP contribution in [0.15, 0.2) is 29.2 Å². The minimum atomic E-state index is -3.66. The minimum Gasteiger partial charge on any atom is -0.392 e. The Morgan fingerprint density at radius 2 is 1.68 bits per heavy atom. The van der Waals surface area contributed by atoms with Crippen molar-refractivity contribution in [3.05, 3.63) is 29.8 Å². The van der Waals surface area contributed by atoms with Gasteiger partial charge in [0.1, 0.15) is 0 Å². The van der Waals surface area contributed by atoms with Gasteiger partial charge in [-0.15, -0.1) is 0 Å². The maximum atomic E-state index is 11.2. The highest BCUT2D eigenvalue weighted by Crippen LogP contribution is 2.26. The SMILES string of the molecule is CC(NCC(C)(C)C(O)C(C)C)c1ccc(S(N)(=O)=O)cc1. The van der Waals surface area contributed by atoms with Crippen molar-refractivity contribution >= 4 is 10.0 Å². The highest BCUT2D eigenvalue weighted by Gasteiger charge is 2.30. The van der Waals surface area contributed by atoms with Gasteiger partial charge >= 0.3 is 0 Å². The maximum absolute atomic E-state index is 11.2. The van der Waals surface area contributed by atoms with E-state index >= 15 is 0 Å². The highest BCUT2D eigenvalue weighted by molar-refractivity contribution is 7.89. The van der Waals surface area contributed by atoms with E-state index in [4.69, 9.17) is 5.14 Å². The average molecular weight is 328 g/mol. The highest BCUT2D eigenvalue weighted by atomic mass is 32.2. The maximum Gasteiger partial charge on any atom is 0.238 e. The van der Waals surface area contributed by atoms with Gasteiger partial charge in [-0.3, -0.25) is 0 Å². The first-order valence-corrected chi connectivity index (χ1v) is 9.04. The van der Waals surface area contributed by atoms with Crippen molar-refractivity contribution in [2.24, 2.45) is 16.5 Å². The van der Waals surface area contributed by atoms with Gasteiger partial charge in [0.15, 0.2) is 0 Å². The molecule has 0 radical (unpaired) electrons. The number of hydrogen-bond acceptors (Lipinski definition) is 4. The molecular formula is C16H28N2O3S. The van der Waals surface area contributed by atoms with Crippen LogP contribution in [0.5, 0.6) is 0 Å². The monoisotopic (exact) mass is 328 g/mol. The van der Waals surface area contributed by atoms with Crippen molar-refractivity contribution in [1.29, 1.82) is 0 Å². The lowest BCUT2D eigenvalue weighted by atomic mass is 9.80. The van der Waals surface area contributed by atoms with Crippen LogP contribution in [0, 0.1) is 11.3 Å².